The topological polar surface area (TPSA) is 41.1 Å². The van der Waals surface area contributed by atoms with Gasteiger partial charge in [0.1, 0.15) is 0 Å². The third kappa shape index (κ3) is 5.36. The molecule has 1 aliphatic carbocycles. The number of carbonyl (C=O) groups is 1. The van der Waals surface area contributed by atoms with E-state index in [2.05, 4.69) is 10.6 Å². The van der Waals surface area contributed by atoms with Crippen LogP contribution in [0.3, 0.4) is 0 Å². The van der Waals surface area contributed by atoms with Crippen molar-refractivity contribution in [2.24, 2.45) is 5.92 Å². The van der Waals surface area contributed by atoms with Gasteiger partial charge in [0.15, 0.2) is 0 Å². The standard InChI is InChI=1S/C19H25F3N2O.ClH/c20-19(21,22)16-3-1-2-15(12-16)18(8-9-18)13-24-17(25)5-4-14-6-10-23-11-7-14;/h1-3,12,14,23H,4-11,13H2,(H,24,25);1H. The fourth-order valence-electron chi connectivity index (χ4n) is 3.61. The number of halogens is 4. The predicted octanol–water partition coefficient (Wildman–Crippen LogP) is 4.05. The van der Waals surface area contributed by atoms with Gasteiger partial charge in [-0.05, 0) is 62.7 Å². The van der Waals surface area contributed by atoms with Gasteiger partial charge in [-0.15, -0.1) is 12.4 Å². The fraction of sp³-hybridized carbons (Fsp3) is 0.632. The minimum Gasteiger partial charge on any atom is -0.355 e. The Labute approximate surface area is 158 Å². The highest BCUT2D eigenvalue weighted by atomic mass is 35.5. The lowest BCUT2D eigenvalue weighted by Gasteiger charge is -2.22. The molecule has 0 aromatic heterocycles. The van der Waals surface area contributed by atoms with E-state index in [0.29, 0.717) is 24.4 Å². The van der Waals surface area contributed by atoms with Gasteiger partial charge in [-0.2, -0.15) is 13.2 Å². The van der Waals surface area contributed by atoms with E-state index in [0.717, 1.165) is 51.3 Å². The average molecular weight is 391 g/mol. The van der Waals surface area contributed by atoms with E-state index in [1.54, 1.807) is 6.07 Å². The number of benzene rings is 1. The monoisotopic (exact) mass is 390 g/mol. The summed E-state index contributed by atoms with van der Waals surface area (Å²) in [6, 6.07) is 5.52. The Bertz CT molecular complexity index is 611. The molecule has 26 heavy (non-hydrogen) atoms. The number of amides is 1. The Hall–Kier alpha value is -1.27. The molecule has 1 aromatic carbocycles. The highest BCUT2D eigenvalue weighted by molar-refractivity contribution is 5.85. The first-order valence-electron chi connectivity index (χ1n) is 9.04. The van der Waals surface area contributed by atoms with Crippen LogP contribution in [0.2, 0.25) is 0 Å². The molecular formula is C19H26ClF3N2O. The van der Waals surface area contributed by atoms with Gasteiger partial charge in [0.2, 0.25) is 5.91 Å². The van der Waals surface area contributed by atoms with Crippen LogP contribution in [-0.4, -0.2) is 25.5 Å². The Morgan fingerprint density at radius 2 is 1.92 bits per heavy atom. The van der Waals surface area contributed by atoms with Crippen molar-refractivity contribution in [2.45, 2.75) is 50.1 Å². The van der Waals surface area contributed by atoms with E-state index in [1.165, 1.54) is 12.1 Å². The van der Waals surface area contributed by atoms with Crippen molar-refractivity contribution in [1.29, 1.82) is 0 Å². The SMILES string of the molecule is Cl.O=C(CCC1CCNCC1)NCC1(c2cccc(C(F)(F)F)c2)CC1. The zero-order chi connectivity index (χ0) is 17.9. The number of alkyl halides is 3. The van der Waals surface area contributed by atoms with Crippen LogP contribution in [0, 0.1) is 5.92 Å². The molecule has 0 atom stereocenters. The maximum absolute atomic E-state index is 12.9. The summed E-state index contributed by atoms with van der Waals surface area (Å²) in [5.74, 6) is 0.613. The largest absolute Gasteiger partial charge is 0.416 e. The summed E-state index contributed by atoms with van der Waals surface area (Å²) >= 11 is 0. The van der Waals surface area contributed by atoms with Crippen LogP contribution in [0.4, 0.5) is 13.2 Å². The van der Waals surface area contributed by atoms with Gasteiger partial charge < -0.3 is 10.6 Å². The lowest BCUT2D eigenvalue weighted by atomic mass is 9.92. The van der Waals surface area contributed by atoms with E-state index in [4.69, 9.17) is 0 Å². The molecule has 3 rings (SSSR count). The third-order valence-corrected chi connectivity index (χ3v) is 5.52. The van der Waals surface area contributed by atoms with Crippen molar-refractivity contribution in [3.05, 3.63) is 35.4 Å². The Morgan fingerprint density at radius 3 is 2.54 bits per heavy atom. The Kier molecular flexibility index (Phi) is 6.97. The van der Waals surface area contributed by atoms with Crippen molar-refractivity contribution in [3.63, 3.8) is 0 Å². The van der Waals surface area contributed by atoms with Crippen LogP contribution >= 0.6 is 12.4 Å². The molecule has 1 heterocycles. The summed E-state index contributed by atoms with van der Waals surface area (Å²) in [6.07, 6.45) is 0.937. The third-order valence-electron chi connectivity index (χ3n) is 5.52. The molecule has 3 nitrogen and oxygen atoms in total. The number of nitrogens with one attached hydrogen (secondary N) is 2. The Balaban J connectivity index is 0.00000243. The van der Waals surface area contributed by atoms with Crippen molar-refractivity contribution in [3.8, 4) is 0 Å². The minimum absolute atomic E-state index is 0. The first-order valence-corrected chi connectivity index (χ1v) is 9.04. The zero-order valence-electron chi connectivity index (χ0n) is 14.7. The minimum atomic E-state index is -4.33. The second kappa shape index (κ2) is 8.61. The molecule has 0 unspecified atom stereocenters. The number of rotatable bonds is 6. The summed E-state index contributed by atoms with van der Waals surface area (Å²) in [6.45, 7) is 2.47. The maximum Gasteiger partial charge on any atom is 0.416 e. The van der Waals surface area contributed by atoms with E-state index >= 15 is 0 Å². The van der Waals surface area contributed by atoms with Gasteiger partial charge in [0.25, 0.3) is 0 Å². The number of carbonyl (C=O) groups excluding carboxylic acids is 1. The quantitative estimate of drug-likeness (QED) is 0.769. The molecule has 0 bridgehead atoms. The zero-order valence-corrected chi connectivity index (χ0v) is 15.5. The van der Waals surface area contributed by atoms with Gasteiger partial charge in [-0.25, -0.2) is 0 Å². The molecule has 2 N–H and O–H groups in total. The normalized spacial score (nSPS) is 19.5. The van der Waals surface area contributed by atoms with Crippen molar-refractivity contribution < 1.29 is 18.0 Å². The molecule has 146 valence electrons. The highest BCUT2D eigenvalue weighted by Gasteiger charge is 2.45. The van der Waals surface area contributed by atoms with Crippen LogP contribution in [-0.2, 0) is 16.4 Å². The molecule has 0 spiro atoms. The highest BCUT2D eigenvalue weighted by Crippen LogP contribution is 2.48. The molecule has 1 amide bonds. The van der Waals surface area contributed by atoms with Gasteiger partial charge >= 0.3 is 6.18 Å². The van der Waals surface area contributed by atoms with E-state index in [9.17, 15) is 18.0 Å². The first kappa shape index (κ1) is 21.0. The van der Waals surface area contributed by atoms with E-state index < -0.39 is 11.7 Å². The van der Waals surface area contributed by atoms with Crippen molar-refractivity contribution in [1.82, 2.24) is 10.6 Å². The van der Waals surface area contributed by atoms with Gasteiger partial charge in [-0.1, -0.05) is 18.2 Å². The second-order valence-electron chi connectivity index (χ2n) is 7.37. The molecule has 1 saturated heterocycles. The van der Waals surface area contributed by atoms with Crippen LogP contribution in [0.25, 0.3) is 0 Å². The summed E-state index contributed by atoms with van der Waals surface area (Å²) in [4.78, 5) is 12.1. The lowest BCUT2D eigenvalue weighted by molar-refractivity contribution is -0.137. The van der Waals surface area contributed by atoms with Crippen LogP contribution in [0.15, 0.2) is 24.3 Å². The molecule has 1 aromatic rings. The Morgan fingerprint density at radius 1 is 1.23 bits per heavy atom. The molecule has 1 saturated carbocycles. The molecule has 1 aliphatic heterocycles. The van der Waals surface area contributed by atoms with Gasteiger partial charge in [0.05, 0.1) is 5.56 Å². The summed E-state index contributed by atoms with van der Waals surface area (Å²) in [7, 11) is 0. The lowest BCUT2D eigenvalue weighted by Crippen LogP contribution is -2.33. The second-order valence-corrected chi connectivity index (χ2v) is 7.37. The predicted molar refractivity (Wildman–Crippen MR) is 97.4 cm³/mol. The molecule has 0 radical (unpaired) electrons. The van der Waals surface area contributed by atoms with Crippen molar-refractivity contribution >= 4 is 18.3 Å². The van der Waals surface area contributed by atoms with Crippen LogP contribution < -0.4 is 10.6 Å². The summed E-state index contributed by atoms with van der Waals surface area (Å²) < 4.78 is 38.7. The number of hydrogen-bond donors (Lipinski definition) is 2. The first-order chi connectivity index (χ1) is 11.9. The van der Waals surface area contributed by atoms with E-state index in [-0.39, 0.29) is 23.7 Å². The van der Waals surface area contributed by atoms with Gasteiger partial charge in [-0.3, -0.25) is 4.79 Å². The van der Waals surface area contributed by atoms with E-state index in [1.807, 2.05) is 0 Å². The van der Waals surface area contributed by atoms with Gasteiger partial charge in [0, 0.05) is 18.4 Å². The number of piperidine rings is 1. The molecule has 2 aliphatic rings. The smallest absolute Gasteiger partial charge is 0.355 e. The number of hydrogen-bond acceptors (Lipinski definition) is 2. The fourth-order valence-corrected chi connectivity index (χ4v) is 3.61. The molecular weight excluding hydrogens is 365 g/mol. The summed E-state index contributed by atoms with van der Waals surface area (Å²) in [5, 5.41) is 6.25. The maximum atomic E-state index is 12.9. The van der Waals surface area contributed by atoms with Crippen molar-refractivity contribution in [2.75, 3.05) is 19.6 Å². The summed E-state index contributed by atoms with van der Waals surface area (Å²) in [5.41, 5.74) is -0.249. The molecule has 2 fully saturated rings. The molecule has 7 heteroatoms. The van der Waals surface area contributed by atoms with Crippen LogP contribution in [0.1, 0.15) is 49.7 Å². The van der Waals surface area contributed by atoms with Crippen LogP contribution in [0.5, 0.6) is 0 Å². The average Bonchev–Trinajstić information content (AvgIpc) is 3.40.